The van der Waals surface area contributed by atoms with Crippen molar-refractivity contribution in [3.63, 3.8) is 0 Å². The lowest BCUT2D eigenvalue weighted by Gasteiger charge is -2.25. The van der Waals surface area contributed by atoms with Crippen molar-refractivity contribution in [3.8, 4) is 11.5 Å². The summed E-state index contributed by atoms with van der Waals surface area (Å²) in [5.41, 5.74) is 4.84. The van der Waals surface area contributed by atoms with Crippen LogP contribution >= 0.6 is 15.9 Å². The van der Waals surface area contributed by atoms with Crippen molar-refractivity contribution >= 4 is 43.8 Å². The largest absolute Gasteiger partial charge is 0.503 e. The van der Waals surface area contributed by atoms with Crippen molar-refractivity contribution in [2.45, 2.75) is 13.8 Å². The van der Waals surface area contributed by atoms with E-state index in [9.17, 15) is 18.3 Å². The first-order chi connectivity index (χ1) is 13.5. The molecule has 156 valence electrons. The maximum Gasteiger partial charge on any atom is 0.260 e. The van der Waals surface area contributed by atoms with E-state index in [2.05, 4.69) is 26.5 Å². The molecule has 0 spiro atoms. The molecule has 0 atom stereocenters. The standard InChI is InChI=1S/C19H22BrN3O5S/c1-12-6-5-7-13(2)18(12)23(29(4,26)27)11-17(24)22-21-10-14-8-15(20)19(25)16(9-14)28-3/h5-10,25H,11H2,1-4H3,(H,22,24). The molecule has 0 bridgehead atoms. The summed E-state index contributed by atoms with van der Waals surface area (Å²) < 4.78 is 31.1. The monoisotopic (exact) mass is 483 g/mol. The number of aryl methyl sites for hydroxylation is 2. The Morgan fingerprint density at radius 3 is 2.48 bits per heavy atom. The van der Waals surface area contributed by atoms with Crippen LogP contribution in [0.3, 0.4) is 0 Å². The summed E-state index contributed by atoms with van der Waals surface area (Å²) in [5.74, 6) is -0.407. The predicted octanol–water partition coefficient (Wildman–Crippen LogP) is 2.70. The van der Waals surface area contributed by atoms with Crippen molar-refractivity contribution in [3.05, 3.63) is 51.5 Å². The Kier molecular flexibility index (Phi) is 7.26. The highest BCUT2D eigenvalue weighted by Gasteiger charge is 2.23. The molecule has 2 N–H and O–H groups in total. The number of carbonyl (C=O) groups is 1. The van der Waals surface area contributed by atoms with E-state index in [-0.39, 0.29) is 11.5 Å². The quantitative estimate of drug-likeness (QED) is 0.464. The van der Waals surface area contributed by atoms with Gasteiger partial charge in [0.15, 0.2) is 11.5 Å². The summed E-state index contributed by atoms with van der Waals surface area (Å²) in [7, 11) is -2.27. The van der Waals surface area contributed by atoms with Crippen LogP contribution in [-0.4, -0.2) is 45.6 Å². The highest BCUT2D eigenvalue weighted by atomic mass is 79.9. The minimum absolute atomic E-state index is 0.0499. The molecular weight excluding hydrogens is 462 g/mol. The number of amides is 1. The Labute approximate surface area is 178 Å². The Bertz CT molecular complexity index is 1030. The maximum absolute atomic E-state index is 12.3. The average Bonchev–Trinajstić information content (AvgIpc) is 2.62. The number of benzene rings is 2. The Balaban J connectivity index is 2.18. The van der Waals surface area contributed by atoms with Crippen molar-refractivity contribution in [1.29, 1.82) is 0 Å². The third-order valence-electron chi connectivity index (χ3n) is 4.05. The van der Waals surface area contributed by atoms with Gasteiger partial charge in [-0.05, 0) is 58.6 Å². The summed E-state index contributed by atoms with van der Waals surface area (Å²) in [4.78, 5) is 12.3. The lowest BCUT2D eigenvalue weighted by molar-refractivity contribution is -0.119. The van der Waals surface area contributed by atoms with Crippen LogP contribution in [0.25, 0.3) is 0 Å². The van der Waals surface area contributed by atoms with E-state index in [0.29, 0.717) is 15.7 Å². The number of phenolic OH excluding ortho intramolecular Hbond substituents is 1. The topological polar surface area (TPSA) is 108 Å². The summed E-state index contributed by atoms with van der Waals surface area (Å²) in [5, 5.41) is 13.7. The molecule has 0 heterocycles. The minimum Gasteiger partial charge on any atom is -0.503 e. The second-order valence-corrected chi connectivity index (χ2v) is 9.12. The molecule has 0 radical (unpaired) electrons. The number of carbonyl (C=O) groups excluding carboxylic acids is 1. The number of halogens is 1. The first-order valence-electron chi connectivity index (χ1n) is 8.47. The Morgan fingerprint density at radius 2 is 1.93 bits per heavy atom. The zero-order valence-corrected chi connectivity index (χ0v) is 18.8. The molecule has 29 heavy (non-hydrogen) atoms. The molecule has 0 saturated carbocycles. The lowest BCUT2D eigenvalue weighted by atomic mass is 10.1. The van der Waals surface area contributed by atoms with Gasteiger partial charge in [-0.2, -0.15) is 5.10 Å². The molecule has 2 rings (SSSR count). The number of aromatic hydroxyl groups is 1. The number of para-hydroxylation sites is 1. The third kappa shape index (κ3) is 5.70. The van der Waals surface area contributed by atoms with E-state index >= 15 is 0 Å². The third-order valence-corrected chi connectivity index (χ3v) is 5.77. The highest BCUT2D eigenvalue weighted by molar-refractivity contribution is 9.10. The highest BCUT2D eigenvalue weighted by Crippen LogP contribution is 2.34. The van der Waals surface area contributed by atoms with Gasteiger partial charge in [0.25, 0.3) is 5.91 Å². The smallest absolute Gasteiger partial charge is 0.260 e. The molecule has 0 unspecified atom stereocenters. The second-order valence-electron chi connectivity index (χ2n) is 6.36. The average molecular weight is 484 g/mol. The van der Waals surface area contributed by atoms with Crippen molar-refractivity contribution < 1.29 is 23.1 Å². The lowest BCUT2D eigenvalue weighted by Crippen LogP contribution is -2.39. The molecule has 0 saturated heterocycles. The van der Waals surface area contributed by atoms with Crippen LogP contribution in [0.1, 0.15) is 16.7 Å². The van der Waals surface area contributed by atoms with Gasteiger partial charge in [-0.25, -0.2) is 13.8 Å². The number of nitrogens with one attached hydrogen (secondary N) is 1. The molecule has 8 nitrogen and oxygen atoms in total. The van der Waals surface area contributed by atoms with E-state index in [1.54, 1.807) is 32.0 Å². The zero-order chi connectivity index (χ0) is 21.8. The number of ether oxygens (including phenoxy) is 1. The molecule has 2 aromatic rings. The number of anilines is 1. The summed E-state index contributed by atoms with van der Waals surface area (Å²) >= 11 is 3.20. The van der Waals surface area contributed by atoms with Gasteiger partial charge >= 0.3 is 0 Å². The molecule has 10 heteroatoms. The zero-order valence-electron chi connectivity index (χ0n) is 16.4. The fourth-order valence-corrected chi connectivity index (χ4v) is 4.16. The Morgan fingerprint density at radius 1 is 1.31 bits per heavy atom. The number of nitrogens with zero attached hydrogens (tertiary/aromatic N) is 2. The van der Waals surface area contributed by atoms with Crippen LogP contribution in [-0.2, 0) is 14.8 Å². The summed E-state index contributed by atoms with van der Waals surface area (Å²) in [6, 6.07) is 8.52. The first-order valence-corrected chi connectivity index (χ1v) is 11.1. The molecule has 0 aromatic heterocycles. The number of phenols is 1. The van der Waals surface area contributed by atoms with Crippen LogP contribution in [0.4, 0.5) is 5.69 Å². The fraction of sp³-hybridized carbons (Fsp3) is 0.263. The van der Waals surface area contributed by atoms with Crippen LogP contribution < -0.4 is 14.5 Å². The fourth-order valence-electron chi connectivity index (χ4n) is 2.73. The van der Waals surface area contributed by atoms with E-state index < -0.39 is 22.5 Å². The first kappa shape index (κ1) is 22.7. The molecule has 0 aliphatic rings. The summed E-state index contributed by atoms with van der Waals surface area (Å²) in [6.45, 7) is 3.16. The number of rotatable bonds is 7. The van der Waals surface area contributed by atoms with Crippen LogP contribution in [0.2, 0.25) is 0 Å². The minimum atomic E-state index is -3.68. The number of hydrogen-bond donors (Lipinski definition) is 2. The van der Waals surface area contributed by atoms with Gasteiger partial charge in [0.2, 0.25) is 10.0 Å². The number of hydrazone groups is 1. The van der Waals surface area contributed by atoms with Crippen molar-refractivity contribution in [2.75, 3.05) is 24.2 Å². The second kappa shape index (κ2) is 9.27. The van der Waals surface area contributed by atoms with Crippen LogP contribution in [0.5, 0.6) is 11.5 Å². The van der Waals surface area contributed by atoms with E-state index in [1.807, 2.05) is 6.07 Å². The predicted molar refractivity (Wildman–Crippen MR) is 116 cm³/mol. The maximum atomic E-state index is 12.3. The number of sulfonamides is 1. The molecule has 0 fully saturated rings. The van der Waals surface area contributed by atoms with E-state index in [4.69, 9.17) is 4.74 Å². The SMILES string of the molecule is COc1cc(C=NNC(=O)CN(c2c(C)cccc2C)S(C)(=O)=O)cc(Br)c1O. The van der Waals surface area contributed by atoms with Gasteiger partial charge in [-0.3, -0.25) is 9.10 Å². The Hall–Kier alpha value is -2.59. The number of methoxy groups -OCH3 is 1. The van der Waals surface area contributed by atoms with Gasteiger partial charge in [-0.1, -0.05) is 18.2 Å². The van der Waals surface area contributed by atoms with Crippen molar-refractivity contribution in [1.82, 2.24) is 5.43 Å². The number of hydrogen-bond acceptors (Lipinski definition) is 6. The van der Waals surface area contributed by atoms with Crippen LogP contribution in [0.15, 0.2) is 39.9 Å². The van der Waals surface area contributed by atoms with Gasteiger partial charge in [0.1, 0.15) is 6.54 Å². The summed E-state index contributed by atoms with van der Waals surface area (Å²) in [6.07, 6.45) is 2.41. The van der Waals surface area contributed by atoms with E-state index in [0.717, 1.165) is 21.7 Å². The van der Waals surface area contributed by atoms with Crippen LogP contribution in [0, 0.1) is 13.8 Å². The molecule has 0 aliphatic heterocycles. The van der Waals surface area contributed by atoms with E-state index in [1.165, 1.54) is 19.4 Å². The molecule has 2 aromatic carbocycles. The van der Waals surface area contributed by atoms with Gasteiger partial charge in [0, 0.05) is 0 Å². The van der Waals surface area contributed by atoms with Crippen molar-refractivity contribution in [2.24, 2.45) is 5.10 Å². The van der Waals surface area contributed by atoms with Gasteiger partial charge in [-0.15, -0.1) is 0 Å². The molecule has 1 amide bonds. The van der Waals surface area contributed by atoms with Gasteiger partial charge < -0.3 is 9.84 Å². The molecule has 0 aliphatic carbocycles. The molecular formula is C19H22BrN3O5S. The van der Waals surface area contributed by atoms with Gasteiger partial charge in [0.05, 0.1) is 29.7 Å². The normalized spacial score (nSPS) is 11.5.